The van der Waals surface area contributed by atoms with E-state index in [9.17, 15) is 9.59 Å². The van der Waals surface area contributed by atoms with Crippen LogP contribution in [-0.2, 0) is 4.79 Å². The fourth-order valence-corrected chi connectivity index (χ4v) is 2.40. The Morgan fingerprint density at radius 2 is 1.82 bits per heavy atom. The molecule has 0 saturated carbocycles. The van der Waals surface area contributed by atoms with Crippen LogP contribution in [0.4, 0.5) is 10.5 Å². The lowest BCUT2D eigenvalue weighted by atomic mass is 10.3. The lowest BCUT2D eigenvalue weighted by Gasteiger charge is -2.12. The molecule has 88 valence electrons. The van der Waals surface area contributed by atoms with Crippen LogP contribution in [0.5, 0.6) is 0 Å². The number of para-hydroxylation sites is 1. The molecule has 1 heterocycles. The van der Waals surface area contributed by atoms with Gasteiger partial charge in [0.15, 0.2) is 0 Å². The van der Waals surface area contributed by atoms with Gasteiger partial charge in [0.25, 0.3) is 11.1 Å². The molecule has 1 aromatic rings. The molecule has 1 fully saturated rings. The molecule has 0 aliphatic carbocycles. The Morgan fingerprint density at radius 3 is 2.41 bits per heavy atom. The van der Waals surface area contributed by atoms with Gasteiger partial charge in [0.2, 0.25) is 0 Å². The summed E-state index contributed by atoms with van der Waals surface area (Å²) in [6.45, 7) is 0. The van der Waals surface area contributed by atoms with E-state index in [1.165, 1.54) is 4.90 Å². The number of benzene rings is 1. The minimum atomic E-state index is -0.264. The molecule has 0 N–H and O–H groups in total. The molecule has 1 aliphatic rings. The van der Waals surface area contributed by atoms with Crippen molar-refractivity contribution in [1.82, 2.24) is 4.90 Å². The molecule has 0 atom stereocenters. The molecule has 0 aromatic heterocycles. The van der Waals surface area contributed by atoms with E-state index < -0.39 is 0 Å². The van der Waals surface area contributed by atoms with Crippen LogP contribution in [0.1, 0.15) is 0 Å². The van der Waals surface area contributed by atoms with Crippen LogP contribution < -0.4 is 4.90 Å². The smallest absolute Gasteiger partial charge is 0.298 e. The second kappa shape index (κ2) is 4.63. The summed E-state index contributed by atoms with van der Waals surface area (Å²) in [4.78, 5) is 27.2. The number of anilines is 1. The fraction of sp³-hybridized carbons (Fsp3) is 0.167. The molecular formula is C12H12N2O2S. The zero-order valence-electron chi connectivity index (χ0n) is 9.58. The maximum Gasteiger partial charge on any atom is 0.298 e. The molecule has 0 radical (unpaired) electrons. The Bertz CT molecular complexity index is 483. The summed E-state index contributed by atoms with van der Waals surface area (Å²) in [5.74, 6) is -0.264. The maximum absolute atomic E-state index is 12.0. The molecule has 0 bridgehead atoms. The first kappa shape index (κ1) is 11.7. The van der Waals surface area contributed by atoms with Crippen LogP contribution in [0.25, 0.3) is 0 Å². The Balaban J connectivity index is 2.33. The second-order valence-corrected chi connectivity index (χ2v) is 4.79. The SMILES string of the molecule is CN(C)/C=C1\SC(=O)N(c2ccccc2)C1=O. The highest BCUT2D eigenvalue weighted by Crippen LogP contribution is 2.34. The van der Waals surface area contributed by atoms with Crippen LogP contribution in [0, 0.1) is 0 Å². The number of amides is 2. The number of thioether (sulfide) groups is 1. The molecule has 17 heavy (non-hydrogen) atoms. The van der Waals surface area contributed by atoms with Crippen molar-refractivity contribution >= 4 is 28.6 Å². The van der Waals surface area contributed by atoms with Crippen molar-refractivity contribution in [2.24, 2.45) is 0 Å². The molecule has 0 spiro atoms. The van der Waals surface area contributed by atoms with Gasteiger partial charge in [-0.25, -0.2) is 4.90 Å². The van der Waals surface area contributed by atoms with Crippen LogP contribution >= 0.6 is 11.8 Å². The molecule has 1 saturated heterocycles. The average molecular weight is 248 g/mol. The van der Waals surface area contributed by atoms with Crippen LogP contribution in [0.2, 0.25) is 0 Å². The van der Waals surface area contributed by atoms with Gasteiger partial charge in [-0.3, -0.25) is 9.59 Å². The van der Waals surface area contributed by atoms with Crippen molar-refractivity contribution in [3.05, 3.63) is 41.4 Å². The van der Waals surface area contributed by atoms with E-state index in [2.05, 4.69) is 0 Å². The van der Waals surface area contributed by atoms with Crippen LogP contribution in [0.15, 0.2) is 41.4 Å². The molecule has 5 heteroatoms. The predicted octanol–water partition coefficient (Wildman–Crippen LogP) is 2.29. The third-order valence-corrected chi connectivity index (χ3v) is 3.04. The highest BCUT2D eigenvalue weighted by molar-refractivity contribution is 8.18. The Kier molecular flexibility index (Phi) is 3.19. The van der Waals surface area contributed by atoms with E-state index in [-0.39, 0.29) is 11.1 Å². The maximum atomic E-state index is 12.0. The Morgan fingerprint density at radius 1 is 1.18 bits per heavy atom. The number of hydrogen-bond acceptors (Lipinski definition) is 4. The molecule has 0 unspecified atom stereocenters. The zero-order chi connectivity index (χ0) is 12.4. The normalized spacial score (nSPS) is 18.0. The standard InChI is InChI=1S/C12H12N2O2S/c1-13(2)8-10-11(15)14(12(16)17-10)9-6-4-3-5-7-9/h3-8H,1-2H3/b10-8-. The average Bonchev–Trinajstić information content (AvgIpc) is 2.54. The van der Waals surface area contributed by atoms with Crippen molar-refractivity contribution in [2.75, 3.05) is 19.0 Å². The lowest BCUT2D eigenvalue weighted by molar-refractivity contribution is -0.113. The third-order valence-electron chi connectivity index (χ3n) is 2.18. The van der Waals surface area contributed by atoms with E-state index in [0.717, 1.165) is 11.8 Å². The van der Waals surface area contributed by atoms with Crippen molar-refractivity contribution in [3.63, 3.8) is 0 Å². The van der Waals surface area contributed by atoms with E-state index in [1.807, 2.05) is 20.2 Å². The zero-order valence-corrected chi connectivity index (χ0v) is 10.4. The minimum Gasteiger partial charge on any atom is -0.382 e. The molecule has 1 aromatic carbocycles. The van der Waals surface area contributed by atoms with Gasteiger partial charge in [0.1, 0.15) is 0 Å². The molecular weight excluding hydrogens is 236 g/mol. The number of rotatable bonds is 2. The highest BCUT2D eigenvalue weighted by Gasteiger charge is 2.36. The number of imide groups is 1. The van der Waals surface area contributed by atoms with Crippen molar-refractivity contribution in [1.29, 1.82) is 0 Å². The predicted molar refractivity (Wildman–Crippen MR) is 68.7 cm³/mol. The topological polar surface area (TPSA) is 40.6 Å². The summed E-state index contributed by atoms with van der Waals surface area (Å²) in [6.07, 6.45) is 1.66. The summed E-state index contributed by atoms with van der Waals surface area (Å²) < 4.78 is 0. The monoisotopic (exact) mass is 248 g/mol. The third kappa shape index (κ3) is 2.34. The summed E-state index contributed by atoms with van der Waals surface area (Å²) in [5, 5.41) is -0.255. The van der Waals surface area contributed by atoms with Gasteiger partial charge in [-0.1, -0.05) is 18.2 Å². The number of carbonyl (C=O) groups excluding carboxylic acids is 2. The van der Waals surface area contributed by atoms with Gasteiger partial charge >= 0.3 is 0 Å². The summed E-state index contributed by atoms with van der Waals surface area (Å²) in [7, 11) is 3.63. The van der Waals surface area contributed by atoms with Crippen molar-refractivity contribution in [2.45, 2.75) is 0 Å². The molecule has 4 nitrogen and oxygen atoms in total. The first-order valence-electron chi connectivity index (χ1n) is 5.09. The van der Waals surface area contributed by atoms with Gasteiger partial charge in [0.05, 0.1) is 10.6 Å². The van der Waals surface area contributed by atoms with Crippen molar-refractivity contribution < 1.29 is 9.59 Å². The Hall–Kier alpha value is -1.75. The molecule has 1 aliphatic heterocycles. The summed E-state index contributed by atoms with van der Waals surface area (Å²) in [5.41, 5.74) is 0.608. The Labute approximate surface area is 104 Å². The quantitative estimate of drug-likeness (QED) is 0.753. The molecule has 2 rings (SSSR count). The van der Waals surface area contributed by atoms with Gasteiger partial charge < -0.3 is 4.90 Å². The summed E-state index contributed by atoms with van der Waals surface area (Å²) >= 11 is 0.962. The fourth-order valence-electron chi connectivity index (χ4n) is 1.49. The van der Waals surface area contributed by atoms with Crippen LogP contribution in [0.3, 0.4) is 0 Å². The van der Waals surface area contributed by atoms with Crippen molar-refractivity contribution in [3.8, 4) is 0 Å². The number of carbonyl (C=O) groups is 2. The van der Waals surface area contributed by atoms with Gasteiger partial charge in [-0.05, 0) is 23.9 Å². The minimum absolute atomic E-state index is 0.255. The van der Waals surface area contributed by atoms with E-state index in [0.29, 0.717) is 10.6 Å². The van der Waals surface area contributed by atoms with Gasteiger partial charge in [0, 0.05) is 20.3 Å². The van der Waals surface area contributed by atoms with Gasteiger partial charge in [-0.2, -0.15) is 0 Å². The van der Waals surface area contributed by atoms with E-state index in [4.69, 9.17) is 0 Å². The largest absolute Gasteiger partial charge is 0.382 e. The second-order valence-electron chi connectivity index (χ2n) is 3.80. The summed E-state index contributed by atoms with van der Waals surface area (Å²) in [6, 6.07) is 8.94. The highest BCUT2D eigenvalue weighted by atomic mass is 32.2. The van der Waals surface area contributed by atoms with E-state index in [1.54, 1.807) is 35.4 Å². The lowest BCUT2D eigenvalue weighted by Crippen LogP contribution is -2.27. The first-order chi connectivity index (χ1) is 8.09. The van der Waals surface area contributed by atoms with E-state index >= 15 is 0 Å². The molecule has 2 amide bonds. The number of nitrogens with zero attached hydrogens (tertiary/aromatic N) is 2. The van der Waals surface area contributed by atoms with Crippen LogP contribution in [-0.4, -0.2) is 30.1 Å². The first-order valence-corrected chi connectivity index (χ1v) is 5.91. The van der Waals surface area contributed by atoms with Gasteiger partial charge in [-0.15, -0.1) is 0 Å². The number of hydrogen-bond donors (Lipinski definition) is 0.